The van der Waals surface area contributed by atoms with Gasteiger partial charge in [-0.2, -0.15) is 5.10 Å². The highest BCUT2D eigenvalue weighted by Crippen LogP contribution is 2.14. The van der Waals surface area contributed by atoms with Crippen LogP contribution in [0.3, 0.4) is 0 Å². The molecule has 1 unspecified atom stereocenters. The number of imidazole rings is 1. The van der Waals surface area contributed by atoms with Gasteiger partial charge in [-0.15, -0.1) is 0 Å². The van der Waals surface area contributed by atoms with Crippen LogP contribution in [-0.4, -0.2) is 33.0 Å². The summed E-state index contributed by atoms with van der Waals surface area (Å²) in [5.41, 5.74) is 1.13. The number of methoxy groups -OCH3 is 1. The average Bonchev–Trinajstić information content (AvgIpc) is 2.95. The predicted molar refractivity (Wildman–Crippen MR) is 69.3 cm³/mol. The summed E-state index contributed by atoms with van der Waals surface area (Å²) in [7, 11) is 3.61. The largest absolute Gasteiger partial charge is 0.383 e. The number of aryl methyl sites for hydroxylation is 1. The van der Waals surface area contributed by atoms with E-state index in [1.807, 2.05) is 25.6 Å². The molecular formula is C12H19N5O. The van der Waals surface area contributed by atoms with Crippen LogP contribution >= 0.6 is 0 Å². The van der Waals surface area contributed by atoms with Gasteiger partial charge in [0.1, 0.15) is 0 Å². The lowest BCUT2D eigenvalue weighted by molar-refractivity contribution is 0.163. The molecule has 0 bridgehead atoms. The van der Waals surface area contributed by atoms with Crippen LogP contribution in [0.25, 0.3) is 0 Å². The molecule has 0 aliphatic rings. The highest BCUT2D eigenvalue weighted by atomic mass is 16.5. The number of anilines is 1. The summed E-state index contributed by atoms with van der Waals surface area (Å²) >= 11 is 0. The van der Waals surface area contributed by atoms with E-state index in [2.05, 4.69) is 26.9 Å². The van der Waals surface area contributed by atoms with Gasteiger partial charge in [-0.25, -0.2) is 4.98 Å². The third-order valence-corrected chi connectivity index (χ3v) is 2.76. The minimum Gasteiger partial charge on any atom is -0.383 e. The number of aromatic nitrogens is 4. The zero-order valence-electron chi connectivity index (χ0n) is 11.0. The number of ether oxygens (including phenoxy) is 1. The SMILES string of the molecule is COCC(C)n1ccnc1NCc1cnn(C)c1. The van der Waals surface area contributed by atoms with Crippen LogP contribution < -0.4 is 5.32 Å². The monoisotopic (exact) mass is 249 g/mol. The molecule has 0 radical (unpaired) electrons. The van der Waals surface area contributed by atoms with Crippen LogP contribution in [0.1, 0.15) is 18.5 Å². The second kappa shape index (κ2) is 5.68. The smallest absolute Gasteiger partial charge is 0.203 e. The van der Waals surface area contributed by atoms with E-state index in [4.69, 9.17) is 4.74 Å². The van der Waals surface area contributed by atoms with Crippen molar-refractivity contribution < 1.29 is 4.74 Å². The van der Waals surface area contributed by atoms with Crippen LogP contribution in [0.15, 0.2) is 24.8 Å². The predicted octanol–water partition coefficient (Wildman–Crippen LogP) is 1.44. The maximum absolute atomic E-state index is 5.16. The first-order chi connectivity index (χ1) is 8.70. The lowest BCUT2D eigenvalue weighted by Crippen LogP contribution is -2.14. The molecule has 2 heterocycles. The lowest BCUT2D eigenvalue weighted by Gasteiger charge is -2.15. The fourth-order valence-electron chi connectivity index (χ4n) is 1.87. The third-order valence-electron chi connectivity index (χ3n) is 2.76. The molecule has 0 saturated heterocycles. The summed E-state index contributed by atoms with van der Waals surface area (Å²) in [5, 5.41) is 7.44. The van der Waals surface area contributed by atoms with Gasteiger partial charge < -0.3 is 14.6 Å². The number of rotatable bonds is 6. The highest BCUT2D eigenvalue weighted by Gasteiger charge is 2.09. The zero-order chi connectivity index (χ0) is 13.0. The molecule has 0 aliphatic carbocycles. The molecule has 2 rings (SSSR count). The first-order valence-corrected chi connectivity index (χ1v) is 5.94. The number of hydrogen-bond donors (Lipinski definition) is 1. The van der Waals surface area contributed by atoms with Gasteiger partial charge in [0.25, 0.3) is 0 Å². The van der Waals surface area contributed by atoms with Gasteiger partial charge in [0.2, 0.25) is 5.95 Å². The minimum atomic E-state index is 0.258. The van der Waals surface area contributed by atoms with Gasteiger partial charge in [-0.1, -0.05) is 0 Å². The molecule has 0 spiro atoms. The summed E-state index contributed by atoms with van der Waals surface area (Å²) < 4.78 is 9.02. The van der Waals surface area contributed by atoms with Crippen LogP contribution in [0.2, 0.25) is 0 Å². The van der Waals surface area contributed by atoms with Gasteiger partial charge >= 0.3 is 0 Å². The van der Waals surface area contributed by atoms with E-state index >= 15 is 0 Å². The Balaban J connectivity index is 1.99. The summed E-state index contributed by atoms with van der Waals surface area (Å²) in [6.45, 7) is 3.48. The molecule has 2 aromatic rings. The molecule has 6 nitrogen and oxygen atoms in total. The molecule has 2 aromatic heterocycles. The van der Waals surface area contributed by atoms with Crippen molar-refractivity contribution in [1.29, 1.82) is 0 Å². The van der Waals surface area contributed by atoms with Gasteiger partial charge in [0.05, 0.1) is 18.8 Å². The summed E-state index contributed by atoms with van der Waals surface area (Å²) in [5.74, 6) is 0.850. The Morgan fingerprint density at radius 3 is 3.00 bits per heavy atom. The Labute approximate surface area is 107 Å². The molecule has 6 heteroatoms. The highest BCUT2D eigenvalue weighted by molar-refractivity contribution is 5.28. The van der Waals surface area contributed by atoms with E-state index in [9.17, 15) is 0 Å². The maximum atomic E-state index is 5.16. The molecule has 18 heavy (non-hydrogen) atoms. The second-order valence-electron chi connectivity index (χ2n) is 4.34. The third kappa shape index (κ3) is 2.89. The summed E-state index contributed by atoms with van der Waals surface area (Å²) in [6.07, 6.45) is 7.57. The van der Waals surface area contributed by atoms with Crippen molar-refractivity contribution in [3.8, 4) is 0 Å². The van der Waals surface area contributed by atoms with Crippen molar-refractivity contribution in [2.75, 3.05) is 19.0 Å². The molecule has 0 aliphatic heterocycles. The van der Waals surface area contributed by atoms with Crippen molar-refractivity contribution in [2.24, 2.45) is 7.05 Å². The molecule has 0 aromatic carbocycles. The molecule has 1 atom stereocenters. The van der Waals surface area contributed by atoms with E-state index in [0.29, 0.717) is 13.2 Å². The Kier molecular flexibility index (Phi) is 3.99. The standard InChI is InChI=1S/C12H19N5O/c1-10(9-18-3)17-5-4-13-12(17)14-6-11-7-15-16(2)8-11/h4-5,7-8,10H,6,9H2,1-3H3,(H,13,14). The van der Waals surface area contributed by atoms with E-state index in [1.165, 1.54) is 0 Å². The quantitative estimate of drug-likeness (QED) is 0.841. The first kappa shape index (κ1) is 12.6. The van der Waals surface area contributed by atoms with Gasteiger partial charge in [0, 0.05) is 44.9 Å². The fourth-order valence-corrected chi connectivity index (χ4v) is 1.87. The summed E-state index contributed by atoms with van der Waals surface area (Å²) in [4.78, 5) is 4.31. The van der Waals surface area contributed by atoms with Crippen LogP contribution in [0.5, 0.6) is 0 Å². The Morgan fingerprint density at radius 2 is 2.33 bits per heavy atom. The molecule has 0 fully saturated rings. The molecule has 98 valence electrons. The van der Waals surface area contributed by atoms with Gasteiger partial charge in [-0.3, -0.25) is 4.68 Å². The normalized spacial score (nSPS) is 12.6. The number of nitrogens with one attached hydrogen (secondary N) is 1. The Morgan fingerprint density at radius 1 is 1.50 bits per heavy atom. The van der Waals surface area contributed by atoms with E-state index in [1.54, 1.807) is 18.0 Å². The van der Waals surface area contributed by atoms with Crippen LogP contribution in [0.4, 0.5) is 5.95 Å². The van der Waals surface area contributed by atoms with Crippen LogP contribution in [-0.2, 0) is 18.3 Å². The van der Waals surface area contributed by atoms with Gasteiger partial charge in [0.15, 0.2) is 0 Å². The van der Waals surface area contributed by atoms with Crippen molar-refractivity contribution >= 4 is 5.95 Å². The fraction of sp³-hybridized carbons (Fsp3) is 0.500. The van der Waals surface area contributed by atoms with E-state index < -0.39 is 0 Å². The van der Waals surface area contributed by atoms with Crippen LogP contribution in [0, 0.1) is 0 Å². The molecule has 1 N–H and O–H groups in total. The minimum absolute atomic E-state index is 0.258. The Bertz CT molecular complexity index is 490. The van der Waals surface area contributed by atoms with Crippen molar-refractivity contribution in [3.05, 3.63) is 30.4 Å². The number of hydrogen-bond acceptors (Lipinski definition) is 4. The van der Waals surface area contributed by atoms with Crippen molar-refractivity contribution in [1.82, 2.24) is 19.3 Å². The lowest BCUT2D eigenvalue weighted by atomic mass is 10.3. The average molecular weight is 249 g/mol. The second-order valence-corrected chi connectivity index (χ2v) is 4.34. The van der Waals surface area contributed by atoms with Crippen molar-refractivity contribution in [2.45, 2.75) is 19.5 Å². The topological polar surface area (TPSA) is 56.9 Å². The maximum Gasteiger partial charge on any atom is 0.203 e. The van der Waals surface area contributed by atoms with E-state index in [-0.39, 0.29) is 6.04 Å². The van der Waals surface area contributed by atoms with E-state index in [0.717, 1.165) is 11.5 Å². The summed E-state index contributed by atoms with van der Waals surface area (Å²) in [6, 6.07) is 0.258. The van der Waals surface area contributed by atoms with Crippen molar-refractivity contribution in [3.63, 3.8) is 0 Å². The van der Waals surface area contributed by atoms with Gasteiger partial charge in [-0.05, 0) is 6.92 Å². The molecular weight excluding hydrogens is 230 g/mol. The molecule has 0 saturated carbocycles. The first-order valence-electron chi connectivity index (χ1n) is 5.94. The molecule has 0 amide bonds. The zero-order valence-corrected chi connectivity index (χ0v) is 11.0. The Hall–Kier alpha value is -1.82. The number of nitrogens with zero attached hydrogens (tertiary/aromatic N) is 4.